The zero-order valence-corrected chi connectivity index (χ0v) is 12.5. The van der Waals surface area contributed by atoms with Crippen molar-refractivity contribution < 1.29 is 14.6 Å². The summed E-state index contributed by atoms with van der Waals surface area (Å²) in [4.78, 5) is 0. The van der Waals surface area contributed by atoms with Gasteiger partial charge in [-0.25, -0.2) is 0 Å². The molecule has 0 aromatic heterocycles. The maximum absolute atomic E-state index is 9.10. The van der Waals surface area contributed by atoms with Crippen molar-refractivity contribution in [3.8, 4) is 5.75 Å². The van der Waals surface area contributed by atoms with Crippen LogP contribution < -0.4 is 4.74 Å². The lowest BCUT2D eigenvalue weighted by molar-refractivity contribution is -0.153. The molecule has 3 nitrogen and oxygen atoms in total. The molecule has 1 heterocycles. The number of hydrogen-bond donors (Lipinski definition) is 1. The lowest BCUT2D eigenvalue weighted by Gasteiger charge is -2.46. The van der Waals surface area contributed by atoms with Gasteiger partial charge in [0.2, 0.25) is 0 Å². The van der Waals surface area contributed by atoms with Crippen molar-refractivity contribution in [3.05, 3.63) is 28.2 Å². The van der Waals surface area contributed by atoms with Gasteiger partial charge in [-0.2, -0.15) is 0 Å². The molecule has 1 aliphatic carbocycles. The predicted molar refractivity (Wildman–Crippen MR) is 76.2 cm³/mol. The van der Waals surface area contributed by atoms with E-state index in [-0.39, 0.29) is 18.3 Å². The van der Waals surface area contributed by atoms with E-state index in [0.717, 1.165) is 35.2 Å². The molecule has 2 fully saturated rings. The fourth-order valence-electron chi connectivity index (χ4n) is 2.92. The quantitative estimate of drug-likeness (QED) is 0.924. The van der Waals surface area contributed by atoms with E-state index in [1.165, 1.54) is 19.3 Å². The first-order valence-corrected chi connectivity index (χ1v) is 7.70. The van der Waals surface area contributed by atoms with Gasteiger partial charge in [-0.15, -0.1) is 0 Å². The molecule has 1 aliphatic heterocycles. The fraction of sp³-hybridized carbons (Fsp3) is 0.600. The Hall–Kier alpha value is -0.580. The van der Waals surface area contributed by atoms with Crippen LogP contribution in [0.4, 0.5) is 0 Å². The molecule has 0 amide bonds. The minimum Gasteiger partial charge on any atom is -0.489 e. The molecule has 0 bridgehead atoms. The molecular weight excluding hydrogens is 308 g/mol. The van der Waals surface area contributed by atoms with E-state index in [9.17, 15) is 0 Å². The number of rotatable bonds is 3. The number of ether oxygens (including phenoxy) is 2. The van der Waals surface area contributed by atoms with Gasteiger partial charge in [0.25, 0.3) is 0 Å². The molecular formula is C15H19BrO3. The lowest BCUT2D eigenvalue weighted by atomic mass is 9.74. The van der Waals surface area contributed by atoms with E-state index in [1.54, 1.807) is 0 Å². The number of hydrogen-bond acceptors (Lipinski definition) is 3. The summed E-state index contributed by atoms with van der Waals surface area (Å²) in [5.41, 5.74) is 1.00. The van der Waals surface area contributed by atoms with Crippen LogP contribution in [0.15, 0.2) is 22.7 Å². The highest BCUT2D eigenvalue weighted by molar-refractivity contribution is 9.10. The third kappa shape index (κ3) is 2.81. The molecule has 1 saturated heterocycles. The van der Waals surface area contributed by atoms with Crippen LogP contribution in [0.25, 0.3) is 0 Å². The third-order valence-corrected chi connectivity index (χ3v) is 4.80. The van der Waals surface area contributed by atoms with Crippen LogP contribution in [0.1, 0.15) is 37.7 Å². The van der Waals surface area contributed by atoms with Gasteiger partial charge in [0.1, 0.15) is 11.9 Å². The molecule has 1 saturated carbocycles. The first kappa shape index (κ1) is 13.4. The van der Waals surface area contributed by atoms with Gasteiger partial charge in [-0.05, 0) is 52.9 Å². The van der Waals surface area contributed by atoms with E-state index in [0.29, 0.717) is 0 Å². The fourth-order valence-corrected chi connectivity index (χ4v) is 3.44. The van der Waals surface area contributed by atoms with E-state index >= 15 is 0 Å². The van der Waals surface area contributed by atoms with Gasteiger partial charge in [0.15, 0.2) is 0 Å². The van der Waals surface area contributed by atoms with Crippen LogP contribution in [0.3, 0.4) is 0 Å². The number of halogens is 1. The van der Waals surface area contributed by atoms with E-state index in [2.05, 4.69) is 15.9 Å². The highest BCUT2D eigenvalue weighted by Crippen LogP contribution is 2.43. The van der Waals surface area contributed by atoms with E-state index in [4.69, 9.17) is 14.6 Å². The minimum absolute atomic E-state index is 0.0548. The summed E-state index contributed by atoms with van der Waals surface area (Å²) in [7, 11) is 0. The Labute approximate surface area is 122 Å². The Morgan fingerprint density at radius 1 is 1.42 bits per heavy atom. The highest BCUT2D eigenvalue weighted by Gasteiger charge is 2.43. The molecule has 1 aromatic rings. The molecule has 4 heteroatoms. The highest BCUT2D eigenvalue weighted by atomic mass is 79.9. The van der Waals surface area contributed by atoms with Crippen molar-refractivity contribution in [2.24, 2.45) is 0 Å². The topological polar surface area (TPSA) is 38.7 Å². The van der Waals surface area contributed by atoms with Gasteiger partial charge in [0, 0.05) is 12.8 Å². The smallest absolute Gasteiger partial charge is 0.133 e. The van der Waals surface area contributed by atoms with Gasteiger partial charge < -0.3 is 14.6 Å². The summed E-state index contributed by atoms with van der Waals surface area (Å²) in [6.07, 6.45) is 5.83. The van der Waals surface area contributed by atoms with E-state index < -0.39 is 0 Å². The van der Waals surface area contributed by atoms with Crippen LogP contribution in [-0.2, 0) is 11.3 Å². The Morgan fingerprint density at radius 3 is 2.89 bits per heavy atom. The number of aliphatic hydroxyl groups excluding tert-OH is 1. The van der Waals surface area contributed by atoms with Crippen molar-refractivity contribution in [3.63, 3.8) is 0 Å². The second-order valence-corrected chi connectivity index (χ2v) is 6.39. The second-order valence-electron chi connectivity index (χ2n) is 5.54. The monoisotopic (exact) mass is 326 g/mol. The Balaban J connectivity index is 1.67. The molecule has 104 valence electrons. The van der Waals surface area contributed by atoms with Crippen molar-refractivity contribution in [1.29, 1.82) is 0 Å². The van der Waals surface area contributed by atoms with Gasteiger partial charge >= 0.3 is 0 Å². The molecule has 3 rings (SSSR count). The lowest BCUT2D eigenvalue weighted by Crippen LogP contribution is -2.48. The summed E-state index contributed by atoms with van der Waals surface area (Å²) in [5.74, 6) is 0.860. The van der Waals surface area contributed by atoms with Crippen LogP contribution in [-0.4, -0.2) is 23.4 Å². The van der Waals surface area contributed by atoms with Crippen LogP contribution >= 0.6 is 15.9 Å². The average molecular weight is 327 g/mol. The summed E-state index contributed by atoms with van der Waals surface area (Å²) in [5, 5.41) is 9.10. The van der Waals surface area contributed by atoms with Gasteiger partial charge in [-0.3, -0.25) is 0 Å². The zero-order chi connectivity index (χ0) is 13.3. The summed E-state index contributed by atoms with van der Waals surface area (Å²) < 4.78 is 12.9. The standard InChI is InChI=1S/C15H19BrO3/c16-13-8-11(10-17)2-3-14(13)19-12-4-7-18-15(9-12)5-1-6-15/h2-3,8,12,17H,1,4-7,9-10H2. The first-order chi connectivity index (χ1) is 9.21. The van der Waals surface area contributed by atoms with Gasteiger partial charge in [-0.1, -0.05) is 6.07 Å². The normalized spacial score (nSPS) is 25.1. The largest absolute Gasteiger partial charge is 0.489 e. The predicted octanol–water partition coefficient (Wildman–Crippen LogP) is 3.42. The molecule has 0 radical (unpaired) electrons. The maximum atomic E-state index is 9.10. The molecule has 1 unspecified atom stereocenters. The maximum Gasteiger partial charge on any atom is 0.133 e. The zero-order valence-electron chi connectivity index (χ0n) is 10.9. The minimum atomic E-state index is 0.0548. The molecule has 1 aromatic carbocycles. The molecule has 19 heavy (non-hydrogen) atoms. The Kier molecular flexibility index (Phi) is 3.83. The number of benzene rings is 1. The van der Waals surface area contributed by atoms with Crippen LogP contribution in [0, 0.1) is 0 Å². The van der Waals surface area contributed by atoms with Crippen molar-refractivity contribution in [2.75, 3.05) is 6.61 Å². The summed E-state index contributed by atoms with van der Waals surface area (Å²) >= 11 is 3.51. The van der Waals surface area contributed by atoms with Crippen LogP contribution in [0.5, 0.6) is 5.75 Å². The van der Waals surface area contributed by atoms with E-state index in [1.807, 2.05) is 18.2 Å². The number of aliphatic hydroxyl groups is 1. The second kappa shape index (κ2) is 5.43. The molecule has 2 aliphatic rings. The Bertz CT molecular complexity index is 457. The van der Waals surface area contributed by atoms with Gasteiger partial charge in [0.05, 0.1) is 23.3 Å². The molecule has 1 N–H and O–H groups in total. The summed E-state index contributed by atoms with van der Waals surface area (Å²) in [6, 6.07) is 5.74. The third-order valence-electron chi connectivity index (χ3n) is 4.19. The molecule has 1 atom stereocenters. The van der Waals surface area contributed by atoms with Crippen molar-refractivity contribution >= 4 is 15.9 Å². The summed E-state index contributed by atoms with van der Waals surface area (Å²) in [6.45, 7) is 0.857. The van der Waals surface area contributed by atoms with Crippen molar-refractivity contribution in [2.45, 2.75) is 50.4 Å². The van der Waals surface area contributed by atoms with Crippen molar-refractivity contribution in [1.82, 2.24) is 0 Å². The Morgan fingerprint density at radius 2 is 2.26 bits per heavy atom. The SMILES string of the molecule is OCc1ccc(OC2CCOC3(CCC3)C2)c(Br)c1. The average Bonchev–Trinajstić information content (AvgIpc) is 2.39. The first-order valence-electron chi connectivity index (χ1n) is 6.91. The van der Waals surface area contributed by atoms with Crippen LogP contribution in [0.2, 0.25) is 0 Å². The molecule has 1 spiro atoms.